The molecule has 1 aromatic heterocycles. The molecule has 1 atom stereocenters. The third kappa shape index (κ3) is 5.36. The van der Waals surface area contributed by atoms with Crippen LogP contribution in [-0.2, 0) is 6.42 Å². The molecule has 1 fully saturated rings. The number of nitrogens with zero attached hydrogens (tertiary/aromatic N) is 4. The van der Waals surface area contributed by atoms with E-state index in [2.05, 4.69) is 20.2 Å². The molecule has 1 saturated heterocycles. The highest BCUT2D eigenvalue weighted by Gasteiger charge is 2.30. The van der Waals surface area contributed by atoms with Crippen molar-refractivity contribution < 1.29 is 14.0 Å². The van der Waals surface area contributed by atoms with Gasteiger partial charge in [0.15, 0.2) is 0 Å². The van der Waals surface area contributed by atoms with Crippen LogP contribution in [0, 0.1) is 19.7 Å². The molecule has 0 unspecified atom stereocenters. The Morgan fingerprint density at radius 3 is 2.53 bits per heavy atom. The van der Waals surface area contributed by atoms with Crippen LogP contribution in [0.2, 0.25) is 5.02 Å². The Morgan fingerprint density at radius 1 is 1.05 bits per heavy atom. The number of carbonyl (C=O) groups excluding carboxylic acids is 2. The topological polar surface area (TPSA) is 78.4 Å². The number of piperidine rings is 1. The molecule has 0 spiro atoms. The van der Waals surface area contributed by atoms with E-state index in [-0.39, 0.29) is 34.5 Å². The smallest absolute Gasteiger partial charge is 0.253 e. The Labute approximate surface area is 227 Å². The maximum atomic E-state index is 13.5. The third-order valence-electron chi connectivity index (χ3n) is 7.56. The zero-order valence-corrected chi connectivity index (χ0v) is 22.6. The van der Waals surface area contributed by atoms with Gasteiger partial charge in [-0.2, -0.15) is 0 Å². The molecule has 1 aliphatic carbocycles. The van der Waals surface area contributed by atoms with Crippen molar-refractivity contribution >= 4 is 29.2 Å². The van der Waals surface area contributed by atoms with Crippen LogP contribution in [0.25, 0.3) is 0 Å². The van der Waals surface area contributed by atoms with E-state index in [1.807, 2.05) is 50.1 Å². The van der Waals surface area contributed by atoms with Gasteiger partial charge in [-0.05, 0) is 81.0 Å². The molecule has 0 bridgehead atoms. The van der Waals surface area contributed by atoms with Gasteiger partial charge in [-0.15, -0.1) is 0 Å². The molecule has 2 heterocycles. The number of anilines is 1. The molecule has 1 aliphatic heterocycles. The monoisotopic (exact) mass is 535 g/mol. The first-order chi connectivity index (χ1) is 18.2. The van der Waals surface area contributed by atoms with Crippen molar-refractivity contribution in [1.29, 1.82) is 0 Å². The van der Waals surface area contributed by atoms with E-state index in [9.17, 15) is 14.0 Å². The molecule has 38 heavy (non-hydrogen) atoms. The van der Waals surface area contributed by atoms with Crippen molar-refractivity contribution in [2.45, 2.75) is 51.6 Å². The zero-order chi connectivity index (χ0) is 27.0. The van der Waals surface area contributed by atoms with E-state index in [1.54, 1.807) is 0 Å². The number of hydrogen-bond acceptors (Lipinski definition) is 5. The lowest BCUT2D eigenvalue weighted by Gasteiger charge is -2.37. The molecule has 198 valence electrons. The summed E-state index contributed by atoms with van der Waals surface area (Å²) in [7, 11) is 1.87. The minimum absolute atomic E-state index is 0.0291. The van der Waals surface area contributed by atoms with Crippen molar-refractivity contribution in [1.82, 2.24) is 20.2 Å². The minimum atomic E-state index is -0.491. The number of hydrogen-bond donors (Lipinski definition) is 1. The summed E-state index contributed by atoms with van der Waals surface area (Å²) < 4.78 is 13.4. The van der Waals surface area contributed by atoms with E-state index in [4.69, 9.17) is 11.6 Å². The molecule has 9 heteroatoms. The van der Waals surface area contributed by atoms with Crippen LogP contribution in [-0.4, -0.2) is 52.9 Å². The Balaban J connectivity index is 1.25. The van der Waals surface area contributed by atoms with Gasteiger partial charge in [0.25, 0.3) is 11.8 Å². The van der Waals surface area contributed by atoms with Gasteiger partial charge < -0.3 is 15.1 Å². The van der Waals surface area contributed by atoms with Crippen molar-refractivity contribution in [3.05, 3.63) is 87.1 Å². The first-order valence-corrected chi connectivity index (χ1v) is 13.3. The third-order valence-corrected chi connectivity index (χ3v) is 7.87. The maximum Gasteiger partial charge on any atom is 0.253 e. The second-order valence-corrected chi connectivity index (χ2v) is 10.6. The van der Waals surface area contributed by atoms with Crippen LogP contribution in [0.4, 0.5) is 10.2 Å². The summed E-state index contributed by atoms with van der Waals surface area (Å²) in [5.74, 6) is 0.827. The first-order valence-electron chi connectivity index (χ1n) is 12.9. The Bertz CT molecular complexity index is 1370. The van der Waals surface area contributed by atoms with Crippen molar-refractivity contribution in [3.63, 3.8) is 0 Å². The number of fused-ring (bicyclic) bond motifs is 1. The highest BCUT2D eigenvalue weighted by Crippen LogP contribution is 2.33. The Hall–Kier alpha value is -3.52. The first kappa shape index (κ1) is 26.1. The molecule has 7 nitrogen and oxygen atoms in total. The largest absolute Gasteiger partial charge is 0.356 e. The zero-order valence-electron chi connectivity index (χ0n) is 21.8. The second kappa shape index (κ2) is 10.7. The lowest BCUT2D eigenvalue weighted by molar-refractivity contribution is 0.0709. The molecule has 2 amide bonds. The number of amides is 2. The number of halogens is 2. The van der Waals surface area contributed by atoms with Gasteiger partial charge >= 0.3 is 0 Å². The van der Waals surface area contributed by atoms with Crippen LogP contribution < -0.4 is 10.2 Å². The van der Waals surface area contributed by atoms with E-state index < -0.39 is 5.82 Å². The molecular weight excluding hydrogens is 505 g/mol. The number of benzene rings is 2. The fraction of sp³-hybridized carbons (Fsp3) is 0.379. The van der Waals surface area contributed by atoms with Crippen molar-refractivity contribution in [2.24, 2.45) is 0 Å². The molecule has 2 aromatic carbocycles. The number of rotatable bonds is 5. The van der Waals surface area contributed by atoms with E-state index in [0.29, 0.717) is 5.56 Å². The number of aromatic nitrogens is 2. The van der Waals surface area contributed by atoms with Crippen molar-refractivity contribution in [3.8, 4) is 0 Å². The summed E-state index contributed by atoms with van der Waals surface area (Å²) >= 11 is 6.08. The molecule has 1 N–H and O–H groups in total. The summed E-state index contributed by atoms with van der Waals surface area (Å²) in [6.45, 7) is 5.52. The van der Waals surface area contributed by atoms with Crippen LogP contribution in [0.1, 0.15) is 68.7 Å². The van der Waals surface area contributed by atoms with Crippen LogP contribution in [0.5, 0.6) is 0 Å². The van der Waals surface area contributed by atoms with Gasteiger partial charge in [-0.3, -0.25) is 9.59 Å². The Kier molecular flexibility index (Phi) is 7.34. The van der Waals surface area contributed by atoms with Gasteiger partial charge in [-0.25, -0.2) is 14.4 Å². The molecule has 3 aromatic rings. The summed E-state index contributed by atoms with van der Waals surface area (Å²) in [6.07, 6.45) is 3.24. The van der Waals surface area contributed by atoms with Gasteiger partial charge in [0.05, 0.1) is 16.6 Å². The number of carbonyl (C=O) groups is 2. The predicted molar refractivity (Wildman–Crippen MR) is 145 cm³/mol. The predicted octanol–water partition coefficient (Wildman–Crippen LogP) is 5.04. The van der Waals surface area contributed by atoms with Crippen LogP contribution in [0.15, 0.2) is 42.5 Å². The van der Waals surface area contributed by atoms with Gasteiger partial charge in [0.1, 0.15) is 17.5 Å². The Morgan fingerprint density at radius 2 is 1.82 bits per heavy atom. The SMILES string of the molecule is Cc1cc(N2CCC(N(C)C(=O)c3ccc4c(c3)[C@H](NC(=O)c3ccc(F)cc3Cl)CC4)CC2)nc(C)n1. The summed E-state index contributed by atoms with van der Waals surface area (Å²) in [4.78, 5) is 39.3. The molecule has 0 saturated carbocycles. The van der Waals surface area contributed by atoms with E-state index in [0.717, 1.165) is 73.3 Å². The summed E-state index contributed by atoms with van der Waals surface area (Å²) in [6, 6.07) is 11.4. The molecular formula is C29H31ClFN5O2. The van der Waals surface area contributed by atoms with Crippen LogP contribution in [0.3, 0.4) is 0 Å². The standard InChI is InChI=1S/C29H31ClFN5O2/c1-17-14-27(33-18(2)32-17)36-12-10-22(11-13-36)35(3)29(38)20-5-4-19-6-9-26(24(19)15-20)34-28(37)23-8-7-21(31)16-25(23)30/h4-5,7-8,14-16,22,26H,6,9-13H2,1-3H3,(H,34,37)/t26-/m1/s1. The average Bonchev–Trinajstić information content (AvgIpc) is 3.29. The van der Waals surface area contributed by atoms with E-state index in [1.165, 1.54) is 12.1 Å². The molecule has 0 radical (unpaired) electrons. The van der Waals surface area contributed by atoms with Crippen LogP contribution >= 0.6 is 11.6 Å². The number of aryl methyl sites for hydroxylation is 3. The quantitative estimate of drug-likeness (QED) is 0.495. The van der Waals surface area contributed by atoms with Gasteiger partial charge in [0.2, 0.25) is 0 Å². The lowest BCUT2D eigenvalue weighted by atomic mass is 10.00. The normalized spacial score (nSPS) is 17.3. The maximum absolute atomic E-state index is 13.5. The summed E-state index contributed by atoms with van der Waals surface area (Å²) in [5, 5.41) is 3.08. The van der Waals surface area contributed by atoms with Gasteiger partial charge in [-0.1, -0.05) is 17.7 Å². The fourth-order valence-corrected chi connectivity index (χ4v) is 5.76. The van der Waals surface area contributed by atoms with E-state index >= 15 is 0 Å². The summed E-state index contributed by atoms with van der Waals surface area (Å²) in [5.41, 5.74) is 3.85. The molecule has 5 rings (SSSR count). The average molecular weight is 536 g/mol. The van der Waals surface area contributed by atoms with Crippen molar-refractivity contribution in [2.75, 3.05) is 25.0 Å². The fourth-order valence-electron chi connectivity index (χ4n) is 5.51. The lowest BCUT2D eigenvalue weighted by Crippen LogP contribution is -2.46. The highest BCUT2D eigenvalue weighted by molar-refractivity contribution is 6.33. The minimum Gasteiger partial charge on any atom is -0.356 e. The van der Waals surface area contributed by atoms with Gasteiger partial charge in [0, 0.05) is 43.5 Å². The second-order valence-electron chi connectivity index (χ2n) is 10.2. The number of nitrogens with one attached hydrogen (secondary N) is 1. The molecule has 2 aliphatic rings. The highest BCUT2D eigenvalue weighted by atomic mass is 35.5.